The number of ether oxygens (including phenoxy) is 4. The van der Waals surface area contributed by atoms with Crippen LogP contribution in [0, 0.1) is 0 Å². The Hall–Kier alpha value is -3.42. The lowest BCUT2D eigenvalue weighted by atomic mass is 10.2. The van der Waals surface area contributed by atoms with Crippen molar-refractivity contribution < 1.29 is 28.5 Å². The zero-order chi connectivity index (χ0) is 20.7. The summed E-state index contributed by atoms with van der Waals surface area (Å²) in [5, 5.41) is 2.75. The molecule has 0 unspecified atom stereocenters. The van der Waals surface area contributed by atoms with Gasteiger partial charge in [0.25, 0.3) is 0 Å². The molecule has 0 saturated carbocycles. The number of amides is 2. The van der Waals surface area contributed by atoms with E-state index in [0.717, 1.165) is 0 Å². The number of rotatable bonds is 8. The molecule has 150 valence electrons. The van der Waals surface area contributed by atoms with E-state index in [1.165, 1.54) is 40.3 Å². The van der Waals surface area contributed by atoms with E-state index in [1.807, 2.05) is 0 Å². The van der Waals surface area contributed by atoms with Gasteiger partial charge in [0, 0.05) is 19.1 Å². The molecule has 0 heterocycles. The van der Waals surface area contributed by atoms with E-state index in [9.17, 15) is 9.59 Å². The van der Waals surface area contributed by atoms with Gasteiger partial charge in [0.2, 0.25) is 11.8 Å². The largest absolute Gasteiger partial charge is 0.497 e. The van der Waals surface area contributed by atoms with Gasteiger partial charge in [-0.2, -0.15) is 0 Å². The highest BCUT2D eigenvalue weighted by Gasteiger charge is 2.21. The third-order valence-electron chi connectivity index (χ3n) is 4.04. The minimum absolute atomic E-state index is 0.223. The first-order chi connectivity index (χ1) is 13.4. The van der Waals surface area contributed by atoms with E-state index in [1.54, 1.807) is 36.4 Å². The van der Waals surface area contributed by atoms with Crippen LogP contribution in [0.25, 0.3) is 0 Å². The number of methoxy groups -OCH3 is 4. The number of nitrogens with zero attached hydrogens (tertiary/aromatic N) is 1. The van der Waals surface area contributed by atoms with Crippen LogP contribution in [0.4, 0.5) is 11.4 Å². The van der Waals surface area contributed by atoms with Gasteiger partial charge in [-0.05, 0) is 24.3 Å². The fourth-order valence-corrected chi connectivity index (χ4v) is 2.62. The van der Waals surface area contributed by atoms with Crippen LogP contribution < -0.4 is 29.2 Å². The number of benzene rings is 2. The Morgan fingerprint density at radius 3 is 1.96 bits per heavy atom. The van der Waals surface area contributed by atoms with Gasteiger partial charge in [0.15, 0.2) is 0 Å². The molecule has 0 spiro atoms. The van der Waals surface area contributed by atoms with Crippen LogP contribution in [0.2, 0.25) is 0 Å². The molecule has 2 rings (SSSR count). The Balaban J connectivity index is 2.29. The van der Waals surface area contributed by atoms with Crippen LogP contribution in [0.1, 0.15) is 6.92 Å². The highest BCUT2D eigenvalue weighted by molar-refractivity contribution is 6.03. The Kier molecular flexibility index (Phi) is 7.08. The maximum atomic E-state index is 12.6. The van der Waals surface area contributed by atoms with E-state index in [4.69, 9.17) is 18.9 Å². The summed E-state index contributed by atoms with van der Waals surface area (Å²) in [6.07, 6.45) is 0. The van der Waals surface area contributed by atoms with E-state index >= 15 is 0 Å². The Morgan fingerprint density at radius 1 is 0.857 bits per heavy atom. The number of nitrogens with one attached hydrogen (secondary N) is 1. The number of hydrogen-bond acceptors (Lipinski definition) is 6. The average molecular weight is 388 g/mol. The first-order valence-electron chi connectivity index (χ1n) is 8.45. The maximum Gasteiger partial charge on any atom is 0.244 e. The lowest BCUT2D eigenvalue weighted by molar-refractivity contribution is -0.120. The summed E-state index contributed by atoms with van der Waals surface area (Å²) in [6, 6.07) is 10.1. The van der Waals surface area contributed by atoms with Gasteiger partial charge < -0.3 is 24.3 Å². The van der Waals surface area contributed by atoms with E-state index in [2.05, 4.69) is 5.32 Å². The Labute approximate surface area is 163 Å². The highest BCUT2D eigenvalue weighted by atomic mass is 16.5. The van der Waals surface area contributed by atoms with Gasteiger partial charge in [-0.1, -0.05) is 0 Å². The van der Waals surface area contributed by atoms with Gasteiger partial charge in [-0.15, -0.1) is 0 Å². The standard InChI is InChI=1S/C20H24N2O6/c1-13(23)22(17-11-15(26-3)7-9-19(17)28-5)12-20(24)21-16-10-14(25-2)6-8-18(16)27-4/h6-11H,12H2,1-5H3,(H,21,24). The molecule has 0 bridgehead atoms. The van der Waals surface area contributed by atoms with Crippen LogP contribution in [-0.2, 0) is 9.59 Å². The predicted molar refractivity (Wildman–Crippen MR) is 106 cm³/mol. The SMILES string of the molecule is COc1ccc(OC)c(NC(=O)CN(C(C)=O)c2cc(OC)ccc2OC)c1. The molecular formula is C20H24N2O6. The zero-order valence-corrected chi connectivity index (χ0v) is 16.6. The van der Waals surface area contributed by atoms with Crippen LogP contribution >= 0.6 is 0 Å². The van der Waals surface area contributed by atoms with Crippen LogP contribution in [0.5, 0.6) is 23.0 Å². The van der Waals surface area contributed by atoms with Gasteiger partial charge >= 0.3 is 0 Å². The second-order valence-electron chi connectivity index (χ2n) is 5.76. The summed E-state index contributed by atoms with van der Waals surface area (Å²) in [5.41, 5.74) is 0.870. The fraction of sp³-hybridized carbons (Fsp3) is 0.300. The minimum Gasteiger partial charge on any atom is -0.497 e. The summed E-state index contributed by atoms with van der Waals surface area (Å²) >= 11 is 0. The average Bonchev–Trinajstić information content (AvgIpc) is 2.71. The molecule has 0 saturated heterocycles. The van der Waals surface area contributed by atoms with Crippen molar-refractivity contribution in [2.75, 3.05) is 45.2 Å². The molecule has 2 aromatic rings. The normalized spacial score (nSPS) is 10.0. The van der Waals surface area contributed by atoms with Crippen molar-refractivity contribution in [2.45, 2.75) is 6.92 Å². The fourth-order valence-electron chi connectivity index (χ4n) is 2.62. The van der Waals surface area contributed by atoms with Gasteiger partial charge in [-0.3, -0.25) is 14.5 Å². The quantitative estimate of drug-likeness (QED) is 0.748. The van der Waals surface area contributed by atoms with Crippen molar-refractivity contribution in [3.8, 4) is 23.0 Å². The first kappa shape index (κ1) is 20.9. The lowest BCUT2D eigenvalue weighted by Crippen LogP contribution is -2.37. The molecule has 0 aromatic heterocycles. The van der Waals surface area contributed by atoms with Crippen molar-refractivity contribution in [1.82, 2.24) is 0 Å². The van der Waals surface area contributed by atoms with E-state index in [-0.39, 0.29) is 12.5 Å². The van der Waals surface area contributed by atoms with Crippen LogP contribution in [-0.4, -0.2) is 46.8 Å². The summed E-state index contributed by atoms with van der Waals surface area (Å²) in [6.45, 7) is 1.15. The Bertz CT molecular complexity index is 853. The van der Waals surface area contributed by atoms with Gasteiger partial charge in [-0.25, -0.2) is 0 Å². The maximum absolute atomic E-state index is 12.6. The second-order valence-corrected chi connectivity index (χ2v) is 5.76. The third kappa shape index (κ3) is 4.85. The minimum atomic E-state index is -0.411. The molecule has 0 atom stereocenters. The van der Waals surface area contributed by atoms with Crippen molar-refractivity contribution >= 4 is 23.2 Å². The zero-order valence-electron chi connectivity index (χ0n) is 16.6. The number of hydrogen-bond donors (Lipinski definition) is 1. The first-order valence-corrected chi connectivity index (χ1v) is 8.45. The Morgan fingerprint density at radius 2 is 1.43 bits per heavy atom. The number of anilines is 2. The molecular weight excluding hydrogens is 364 g/mol. The molecule has 0 aliphatic heterocycles. The smallest absolute Gasteiger partial charge is 0.244 e. The molecule has 0 aliphatic carbocycles. The third-order valence-corrected chi connectivity index (χ3v) is 4.04. The van der Waals surface area contributed by atoms with E-state index in [0.29, 0.717) is 34.4 Å². The molecule has 1 N–H and O–H groups in total. The van der Waals surface area contributed by atoms with Crippen molar-refractivity contribution in [1.29, 1.82) is 0 Å². The van der Waals surface area contributed by atoms with Crippen LogP contribution in [0.3, 0.4) is 0 Å². The lowest BCUT2D eigenvalue weighted by Gasteiger charge is -2.23. The van der Waals surface area contributed by atoms with Crippen molar-refractivity contribution in [3.63, 3.8) is 0 Å². The summed E-state index contributed by atoms with van der Waals surface area (Å²) in [5.74, 6) is 1.29. The van der Waals surface area contributed by atoms with E-state index < -0.39 is 5.91 Å². The van der Waals surface area contributed by atoms with Crippen molar-refractivity contribution in [3.05, 3.63) is 36.4 Å². The highest BCUT2D eigenvalue weighted by Crippen LogP contribution is 2.33. The second kappa shape index (κ2) is 9.50. The van der Waals surface area contributed by atoms with Gasteiger partial charge in [0.05, 0.1) is 39.8 Å². The summed E-state index contributed by atoms with van der Waals surface area (Å²) in [4.78, 5) is 26.2. The summed E-state index contributed by atoms with van der Waals surface area (Å²) in [7, 11) is 6.04. The molecule has 8 nitrogen and oxygen atoms in total. The van der Waals surface area contributed by atoms with Crippen molar-refractivity contribution in [2.24, 2.45) is 0 Å². The van der Waals surface area contributed by atoms with Gasteiger partial charge in [0.1, 0.15) is 29.5 Å². The molecule has 0 radical (unpaired) electrons. The molecule has 2 amide bonds. The number of carbonyl (C=O) groups excluding carboxylic acids is 2. The monoisotopic (exact) mass is 388 g/mol. The van der Waals surface area contributed by atoms with Crippen LogP contribution in [0.15, 0.2) is 36.4 Å². The topological polar surface area (TPSA) is 86.3 Å². The number of carbonyl (C=O) groups is 2. The molecule has 0 fully saturated rings. The molecule has 0 aliphatic rings. The molecule has 28 heavy (non-hydrogen) atoms. The summed E-state index contributed by atoms with van der Waals surface area (Å²) < 4.78 is 21.0. The predicted octanol–water partition coefficient (Wildman–Crippen LogP) is 2.71. The molecule has 8 heteroatoms. The molecule has 2 aromatic carbocycles.